The van der Waals surface area contributed by atoms with Crippen LogP contribution in [-0.4, -0.2) is 5.48 Å². The molecule has 0 aromatic rings. The van der Waals surface area contributed by atoms with Crippen LogP contribution in [-0.2, 0) is 0 Å². The molecule has 0 aromatic heterocycles. The van der Waals surface area contributed by atoms with Crippen molar-refractivity contribution >= 4 is 0 Å². The van der Waals surface area contributed by atoms with Crippen LogP contribution in [0.5, 0.6) is 0 Å². The van der Waals surface area contributed by atoms with Gasteiger partial charge in [0.1, 0.15) is 0 Å². The molecule has 0 rings (SSSR count). The van der Waals surface area contributed by atoms with Gasteiger partial charge in [0, 0.05) is 0 Å². The zero-order chi connectivity index (χ0) is 9.07. The monoisotopic (exact) mass is 212 g/mol. The molecule has 0 aliphatic carbocycles. The average molecular weight is 212 g/mol. The summed E-state index contributed by atoms with van der Waals surface area (Å²) < 4.78 is 0. The first-order valence-electron chi connectivity index (χ1n) is 5.91. The maximum atomic E-state index is 2.28. The quantitative estimate of drug-likeness (QED) is 0.406. The Hall–Kier alpha value is 0.960. The van der Waals surface area contributed by atoms with Crippen molar-refractivity contribution in [2.75, 3.05) is 0 Å². The minimum Gasteiger partial charge on any atom is -1.00 e. The van der Waals surface area contributed by atoms with Crippen molar-refractivity contribution in [2.45, 2.75) is 78.1 Å². The predicted octanol–water partition coefficient (Wildman–Crippen LogP) is 1.22. The van der Waals surface area contributed by atoms with E-state index < -0.39 is 0 Å². The zero-order valence-corrected chi connectivity index (χ0v) is 12.6. The van der Waals surface area contributed by atoms with E-state index in [1.807, 2.05) is 0 Å². The fourth-order valence-electron chi connectivity index (χ4n) is 1.56. The van der Waals surface area contributed by atoms with Crippen LogP contribution in [0.2, 0.25) is 0 Å². The summed E-state index contributed by atoms with van der Waals surface area (Å²) in [7, 11) is 0. The first-order valence-corrected chi connectivity index (χ1v) is 5.91. The Labute approximate surface area is 114 Å². The van der Waals surface area contributed by atoms with E-state index in [0.717, 1.165) is 0 Å². The summed E-state index contributed by atoms with van der Waals surface area (Å²) in [5, 5.41) is 0. The Morgan fingerprint density at radius 3 is 1.00 bits per heavy atom. The second-order valence-electron chi connectivity index (χ2n) is 3.83. The molecule has 14 heavy (non-hydrogen) atoms. The maximum Gasteiger partial charge on any atom is 1.00 e. The Balaban J connectivity index is -0.000000202. The minimum absolute atomic E-state index is 0. The number of rotatable bonds is 9. The number of unbranched alkanes of at least 4 members (excludes halogenated alkanes) is 9. The summed E-state index contributed by atoms with van der Waals surface area (Å²) in [5.74, 6) is 0. The van der Waals surface area contributed by atoms with E-state index in [-0.39, 0.29) is 36.5 Å². The molecule has 0 atom stereocenters. The van der Waals surface area contributed by atoms with E-state index in [4.69, 9.17) is 0 Å². The third-order valence-electron chi connectivity index (χ3n) is 2.46. The molecule has 1 nitrogen and oxygen atoms in total. The van der Waals surface area contributed by atoms with E-state index in [1.54, 1.807) is 0 Å². The van der Waals surface area contributed by atoms with Gasteiger partial charge in [0.25, 0.3) is 0 Å². The standard InChI is InChI=1S/C12H26.Na.H2O.H/c1-3-5-7-9-11-12-10-8-6-4-2;;;/h3-12H2,1-2H3;;1H2;/q;+1;;-1. The Morgan fingerprint density at radius 1 is 0.571 bits per heavy atom. The Kier molecular flexibility index (Phi) is 28.4. The molecule has 0 aliphatic heterocycles. The van der Waals surface area contributed by atoms with Crippen LogP contribution in [0.3, 0.4) is 0 Å². The summed E-state index contributed by atoms with van der Waals surface area (Å²) in [6, 6.07) is 0. The summed E-state index contributed by atoms with van der Waals surface area (Å²) in [6.07, 6.45) is 14.4. The second-order valence-corrected chi connectivity index (χ2v) is 3.83. The molecule has 0 heterocycles. The molecule has 0 spiro atoms. The van der Waals surface area contributed by atoms with Crippen molar-refractivity contribution in [3.8, 4) is 0 Å². The van der Waals surface area contributed by atoms with Gasteiger partial charge < -0.3 is 6.90 Å². The summed E-state index contributed by atoms with van der Waals surface area (Å²) >= 11 is 0. The van der Waals surface area contributed by atoms with Gasteiger partial charge in [0.2, 0.25) is 0 Å². The molecule has 84 valence electrons. The van der Waals surface area contributed by atoms with Gasteiger partial charge in [0.15, 0.2) is 0 Å². The maximum absolute atomic E-state index is 2.28. The summed E-state index contributed by atoms with van der Waals surface area (Å²) in [4.78, 5) is 0. The van der Waals surface area contributed by atoms with Crippen LogP contribution >= 0.6 is 0 Å². The largest absolute Gasteiger partial charge is 1.00 e. The van der Waals surface area contributed by atoms with Crippen LogP contribution < -0.4 is 29.6 Å². The molecule has 0 radical (unpaired) electrons. The van der Waals surface area contributed by atoms with E-state index in [0.29, 0.717) is 0 Å². The van der Waals surface area contributed by atoms with Crippen LogP contribution in [0.25, 0.3) is 0 Å². The van der Waals surface area contributed by atoms with Crippen LogP contribution in [0.15, 0.2) is 0 Å². The number of hydrogen-bond donors (Lipinski definition) is 0. The van der Waals surface area contributed by atoms with Gasteiger partial charge in [-0.2, -0.15) is 0 Å². The molecule has 0 amide bonds. The molecule has 0 aliphatic rings. The molecular weight excluding hydrogens is 183 g/mol. The average Bonchev–Trinajstić information content (AvgIpc) is 2.10. The van der Waals surface area contributed by atoms with Gasteiger partial charge in [-0.1, -0.05) is 78.1 Å². The summed E-state index contributed by atoms with van der Waals surface area (Å²) in [6.45, 7) is 4.56. The molecule has 0 saturated carbocycles. The molecule has 0 bridgehead atoms. The van der Waals surface area contributed by atoms with Crippen molar-refractivity contribution in [1.82, 2.24) is 0 Å². The van der Waals surface area contributed by atoms with E-state index >= 15 is 0 Å². The second kappa shape index (κ2) is 19.5. The molecule has 2 N–H and O–H groups in total. The topological polar surface area (TPSA) is 31.5 Å². The van der Waals surface area contributed by atoms with Gasteiger partial charge in [-0.15, -0.1) is 0 Å². The van der Waals surface area contributed by atoms with Crippen molar-refractivity contribution in [2.24, 2.45) is 0 Å². The first-order chi connectivity index (χ1) is 5.91. The van der Waals surface area contributed by atoms with Crippen LogP contribution in [0.1, 0.15) is 79.5 Å². The van der Waals surface area contributed by atoms with Crippen molar-refractivity contribution < 1.29 is 36.5 Å². The van der Waals surface area contributed by atoms with Crippen LogP contribution in [0, 0.1) is 0 Å². The smallest absolute Gasteiger partial charge is 1.00 e. The fourth-order valence-corrected chi connectivity index (χ4v) is 1.56. The normalized spacial score (nSPS) is 9.00. The van der Waals surface area contributed by atoms with Crippen LogP contribution in [0.4, 0.5) is 0 Å². The van der Waals surface area contributed by atoms with E-state index in [1.165, 1.54) is 64.2 Å². The first kappa shape index (κ1) is 20.4. The van der Waals surface area contributed by atoms with Gasteiger partial charge in [-0.25, -0.2) is 0 Å². The van der Waals surface area contributed by atoms with E-state index in [2.05, 4.69) is 13.8 Å². The fraction of sp³-hybridized carbons (Fsp3) is 1.00. The minimum atomic E-state index is 0. The summed E-state index contributed by atoms with van der Waals surface area (Å²) in [5.41, 5.74) is 0. The third kappa shape index (κ3) is 18.7. The van der Waals surface area contributed by atoms with Gasteiger partial charge in [0.05, 0.1) is 0 Å². The predicted molar refractivity (Wildman–Crippen MR) is 62.2 cm³/mol. The van der Waals surface area contributed by atoms with Crippen molar-refractivity contribution in [3.63, 3.8) is 0 Å². The molecular formula is C12H29NaO. The zero-order valence-electron chi connectivity index (χ0n) is 11.6. The van der Waals surface area contributed by atoms with Crippen molar-refractivity contribution in [1.29, 1.82) is 0 Å². The molecule has 0 saturated heterocycles. The SMILES string of the molecule is CCCCCCCCCCCC.O.[H-].[Na+]. The number of hydrogen-bond acceptors (Lipinski definition) is 0. The van der Waals surface area contributed by atoms with Crippen molar-refractivity contribution in [3.05, 3.63) is 0 Å². The van der Waals surface area contributed by atoms with Gasteiger partial charge in [-0.05, 0) is 0 Å². The molecule has 0 unspecified atom stereocenters. The third-order valence-corrected chi connectivity index (χ3v) is 2.46. The Bertz CT molecular complexity index is 72.0. The molecule has 2 heteroatoms. The molecule has 0 aromatic carbocycles. The van der Waals surface area contributed by atoms with Gasteiger partial charge in [-0.3, -0.25) is 0 Å². The van der Waals surface area contributed by atoms with E-state index in [9.17, 15) is 0 Å². The molecule has 0 fully saturated rings. The van der Waals surface area contributed by atoms with Gasteiger partial charge >= 0.3 is 29.6 Å². The Morgan fingerprint density at radius 2 is 0.786 bits per heavy atom.